The Morgan fingerprint density at radius 2 is 2.00 bits per heavy atom. The maximum Gasteiger partial charge on any atom is 0.143 e. The molecule has 2 heteroatoms. The Hall–Kier alpha value is -1.57. The summed E-state index contributed by atoms with van der Waals surface area (Å²) in [7, 11) is 0. The Morgan fingerprint density at radius 3 is 2.50 bits per heavy atom. The third-order valence-electron chi connectivity index (χ3n) is 3.32. The highest BCUT2D eigenvalue weighted by molar-refractivity contribution is 5.93. The molecular formula is C14H17NO. The fraction of sp³-hybridized carbons (Fsp3) is 0.357. The van der Waals surface area contributed by atoms with Gasteiger partial charge in [-0.2, -0.15) is 0 Å². The van der Waals surface area contributed by atoms with Gasteiger partial charge in [0.15, 0.2) is 0 Å². The molecular weight excluding hydrogens is 198 g/mol. The van der Waals surface area contributed by atoms with Gasteiger partial charge in [0.2, 0.25) is 0 Å². The quantitative estimate of drug-likeness (QED) is 0.606. The minimum atomic E-state index is -0.198. The summed E-state index contributed by atoms with van der Waals surface area (Å²) in [6.45, 7) is 3.65. The van der Waals surface area contributed by atoms with Crippen molar-refractivity contribution in [3.05, 3.63) is 42.5 Å². The molecule has 1 aromatic carbocycles. The van der Waals surface area contributed by atoms with E-state index in [-0.39, 0.29) is 5.41 Å². The van der Waals surface area contributed by atoms with E-state index in [4.69, 9.17) is 5.73 Å². The third kappa shape index (κ3) is 1.87. The molecule has 0 radical (unpaired) electrons. The van der Waals surface area contributed by atoms with Crippen LogP contribution in [0.3, 0.4) is 0 Å². The van der Waals surface area contributed by atoms with Gasteiger partial charge in [0.25, 0.3) is 0 Å². The second-order valence-corrected chi connectivity index (χ2v) is 4.45. The first kappa shape index (κ1) is 10.9. The van der Waals surface area contributed by atoms with Crippen molar-refractivity contribution in [1.82, 2.24) is 0 Å². The van der Waals surface area contributed by atoms with E-state index in [0.29, 0.717) is 12.2 Å². The lowest BCUT2D eigenvalue weighted by atomic mass is 9.89. The molecule has 1 aliphatic carbocycles. The molecule has 0 heterocycles. The van der Waals surface area contributed by atoms with Gasteiger partial charge in [0.1, 0.15) is 5.78 Å². The van der Waals surface area contributed by atoms with Crippen LogP contribution in [0, 0.1) is 0 Å². The van der Waals surface area contributed by atoms with E-state index in [1.807, 2.05) is 24.3 Å². The van der Waals surface area contributed by atoms with Gasteiger partial charge in [0, 0.05) is 12.1 Å². The van der Waals surface area contributed by atoms with Gasteiger partial charge < -0.3 is 5.73 Å². The molecule has 1 aliphatic rings. The Kier molecular flexibility index (Phi) is 2.82. The van der Waals surface area contributed by atoms with Crippen LogP contribution in [0.1, 0.15) is 31.2 Å². The zero-order valence-corrected chi connectivity index (χ0v) is 9.41. The molecule has 1 saturated carbocycles. The van der Waals surface area contributed by atoms with Crippen LogP contribution < -0.4 is 5.73 Å². The SMILES string of the molecule is C=CCCC(=O)C1(c2ccc(N)cc2)CC1. The van der Waals surface area contributed by atoms with Gasteiger partial charge in [-0.25, -0.2) is 0 Å². The van der Waals surface area contributed by atoms with Crippen LogP contribution in [0.25, 0.3) is 0 Å². The second kappa shape index (κ2) is 4.12. The third-order valence-corrected chi connectivity index (χ3v) is 3.32. The monoisotopic (exact) mass is 215 g/mol. The minimum Gasteiger partial charge on any atom is -0.399 e. The molecule has 2 nitrogen and oxygen atoms in total. The van der Waals surface area contributed by atoms with E-state index >= 15 is 0 Å². The van der Waals surface area contributed by atoms with Crippen LogP contribution in [0.5, 0.6) is 0 Å². The number of hydrogen-bond acceptors (Lipinski definition) is 2. The molecule has 1 aromatic rings. The van der Waals surface area contributed by atoms with Crippen LogP contribution in [0.15, 0.2) is 36.9 Å². The van der Waals surface area contributed by atoms with Gasteiger partial charge >= 0.3 is 0 Å². The van der Waals surface area contributed by atoms with Crippen molar-refractivity contribution in [2.24, 2.45) is 0 Å². The Bertz CT molecular complexity index is 401. The van der Waals surface area contributed by atoms with Gasteiger partial charge in [-0.05, 0) is 37.0 Å². The topological polar surface area (TPSA) is 43.1 Å². The number of carbonyl (C=O) groups excluding carboxylic acids is 1. The molecule has 16 heavy (non-hydrogen) atoms. The number of rotatable bonds is 5. The molecule has 0 atom stereocenters. The predicted molar refractivity (Wildman–Crippen MR) is 66.2 cm³/mol. The van der Waals surface area contributed by atoms with Gasteiger partial charge in [-0.15, -0.1) is 6.58 Å². The number of allylic oxidation sites excluding steroid dienone is 1. The van der Waals surface area contributed by atoms with Crippen LogP contribution in [0.4, 0.5) is 5.69 Å². The minimum absolute atomic E-state index is 0.198. The number of Topliss-reactive ketones (excluding diaryl/α,β-unsaturated/α-hetero) is 1. The van der Waals surface area contributed by atoms with Gasteiger partial charge in [-0.3, -0.25) is 4.79 Å². The maximum absolute atomic E-state index is 12.1. The van der Waals surface area contributed by atoms with E-state index in [1.165, 1.54) is 0 Å². The van der Waals surface area contributed by atoms with Crippen molar-refractivity contribution in [3.63, 3.8) is 0 Å². The summed E-state index contributed by atoms with van der Waals surface area (Å²) in [4.78, 5) is 12.1. The van der Waals surface area contributed by atoms with Crippen molar-refractivity contribution in [1.29, 1.82) is 0 Å². The highest BCUT2D eigenvalue weighted by Crippen LogP contribution is 2.49. The molecule has 0 unspecified atom stereocenters. The van der Waals surface area contributed by atoms with Crippen LogP contribution in [-0.2, 0) is 10.2 Å². The molecule has 0 bridgehead atoms. The molecule has 0 aliphatic heterocycles. The number of nitrogen functional groups attached to an aromatic ring is 1. The normalized spacial score (nSPS) is 16.8. The van der Waals surface area contributed by atoms with E-state index < -0.39 is 0 Å². The number of hydrogen-bond donors (Lipinski definition) is 1. The standard InChI is InChI=1S/C14H17NO/c1-2-3-4-13(16)14(9-10-14)11-5-7-12(15)8-6-11/h2,5-8H,1,3-4,9-10,15H2. The van der Waals surface area contributed by atoms with Crippen molar-refractivity contribution < 1.29 is 4.79 Å². The molecule has 0 amide bonds. The van der Waals surface area contributed by atoms with E-state index in [0.717, 1.165) is 30.5 Å². The molecule has 0 saturated heterocycles. The highest BCUT2D eigenvalue weighted by Gasteiger charge is 2.49. The first-order valence-corrected chi connectivity index (χ1v) is 5.69. The highest BCUT2D eigenvalue weighted by atomic mass is 16.1. The summed E-state index contributed by atoms with van der Waals surface area (Å²) in [5, 5.41) is 0. The van der Waals surface area contributed by atoms with E-state index in [9.17, 15) is 4.79 Å². The van der Waals surface area contributed by atoms with Gasteiger partial charge in [-0.1, -0.05) is 18.2 Å². The van der Waals surface area contributed by atoms with Crippen molar-refractivity contribution in [2.75, 3.05) is 5.73 Å². The maximum atomic E-state index is 12.1. The van der Waals surface area contributed by atoms with Crippen LogP contribution in [-0.4, -0.2) is 5.78 Å². The largest absolute Gasteiger partial charge is 0.399 e. The second-order valence-electron chi connectivity index (χ2n) is 4.45. The van der Waals surface area contributed by atoms with Crippen molar-refractivity contribution in [2.45, 2.75) is 31.1 Å². The number of carbonyl (C=O) groups is 1. The van der Waals surface area contributed by atoms with Crippen molar-refractivity contribution in [3.8, 4) is 0 Å². The lowest BCUT2D eigenvalue weighted by molar-refractivity contribution is -0.121. The van der Waals surface area contributed by atoms with E-state index in [1.54, 1.807) is 6.08 Å². The van der Waals surface area contributed by atoms with Crippen LogP contribution >= 0.6 is 0 Å². The number of benzene rings is 1. The first-order chi connectivity index (χ1) is 7.69. The summed E-state index contributed by atoms with van der Waals surface area (Å²) in [5.41, 5.74) is 7.32. The first-order valence-electron chi connectivity index (χ1n) is 5.69. The summed E-state index contributed by atoms with van der Waals surface area (Å²) in [6.07, 6.45) is 5.14. The fourth-order valence-corrected chi connectivity index (χ4v) is 2.13. The van der Waals surface area contributed by atoms with E-state index in [2.05, 4.69) is 6.58 Å². The molecule has 2 rings (SSSR count). The zero-order chi connectivity index (χ0) is 11.6. The smallest absolute Gasteiger partial charge is 0.143 e. The number of anilines is 1. The predicted octanol–water partition coefficient (Wildman–Crippen LogP) is 2.84. The summed E-state index contributed by atoms with van der Waals surface area (Å²) in [6, 6.07) is 7.70. The molecule has 2 N–H and O–H groups in total. The zero-order valence-electron chi connectivity index (χ0n) is 9.41. The van der Waals surface area contributed by atoms with Crippen molar-refractivity contribution >= 4 is 11.5 Å². The molecule has 0 spiro atoms. The molecule has 1 fully saturated rings. The Labute approximate surface area is 96.2 Å². The number of nitrogens with two attached hydrogens (primary N) is 1. The fourth-order valence-electron chi connectivity index (χ4n) is 2.13. The molecule has 84 valence electrons. The number of ketones is 1. The van der Waals surface area contributed by atoms with Crippen LogP contribution in [0.2, 0.25) is 0 Å². The lowest BCUT2D eigenvalue weighted by Crippen LogP contribution is -2.19. The average molecular weight is 215 g/mol. The Morgan fingerprint density at radius 1 is 1.38 bits per heavy atom. The lowest BCUT2D eigenvalue weighted by Gasteiger charge is -2.14. The molecule has 0 aromatic heterocycles. The average Bonchev–Trinajstić information content (AvgIpc) is 3.08. The summed E-state index contributed by atoms with van der Waals surface area (Å²) in [5.74, 6) is 0.345. The Balaban J connectivity index is 2.16. The summed E-state index contributed by atoms with van der Waals surface area (Å²) < 4.78 is 0. The summed E-state index contributed by atoms with van der Waals surface area (Å²) >= 11 is 0. The van der Waals surface area contributed by atoms with Gasteiger partial charge in [0.05, 0.1) is 5.41 Å².